The number of carbonyl (C=O) groups excluding carboxylic acids is 1. The second-order valence-corrected chi connectivity index (χ2v) is 5.81. The van der Waals surface area contributed by atoms with E-state index in [9.17, 15) is 4.79 Å². The monoisotopic (exact) mass is 311 g/mol. The summed E-state index contributed by atoms with van der Waals surface area (Å²) in [7, 11) is 3.37. The molecule has 0 saturated carbocycles. The normalized spacial score (nSPS) is 12.0. The summed E-state index contributed by atoms with van der Waals surface area (Å²) in [5.74, 6) is 2.46. The molecule has 0 aliphatic rings. The van der Waals surface area contributed by atoms with Crippen molar-refractivity contribution < 1.29 is 14.3 Å². The predicted octanol–water partition coefficient (Wildman–Crippen LogP) is 3.03. The van der Waals surface area contributed by atoms with Crippen molar-refractivity contribution in [2.45, 2.75) is 25.8 Å². The van der Waals surface area contributed by atoms with Gasteiger partial charge in [0.15, 0.2) is 0 Å². The first-order valence-electron chi connectivity index (χ1n) is 7.25. The third-order valence-electron chi connectivity index (χ3n) is 3.07. The van der Waals surface area contributed by atoms with E-state index in [1.165, 1.54) is 12.7 Å². The summed E-state index contributed by atoms with van der Waals surface area (Å²) in [5, 5.41) is 3.31. The van der Waals surface area contributed by atoms with Crippen molar-refractivity contribution >= 4 is 17.7 Å². The Balaban J connectivity index is 2.42. The van der Waals surface area contributed by atoms with Crippen molar-refractivity contribution in [2.24, 2.45) is 0 Å². The number of methoxy groups -OCH3 is 1. The van der Waals surface area contributed by atoms with Gasteiger partial charge in [-0.05, 0) is 31.2 Å². The van der Waals surface area contributed by atoms with Gasteiger partial charge in [0.1, 0.15) is 5.75 Å². The number of carbonyl (C=O) groups is 1. The van der Waals surface area contributed by atoms with Crippen molar-refractivity contribution in [2.75, 3.05) is 32.3 Å². The van der Waals surface area contributed by atoms with Crippen LogP contribution in [0, 0.1) is 0 Å². The molecule has 0 fully saturated rings. The first-order valence-corrected chi connectivity index (χ1v) is 8.41. The zero-order valence-electron chi connectivity index (χ0n) is 13.1. The Kier molecular flexibility index (Phi) is 8.94. The van der Waals surface area contributed by atoms with E-state index < -0.39 is 0 Å². The molecule has 1 aromatic carbocycles. The fourth-order valence-corrected chi connectivity index (χ4v) is 2.89. The highest BCUT2D eigenvalue weighted by atomic mass is 32.2. The molecule has 0 saturated heterocycles. The summed E-state index contributed by atoms with van der Waals surface area (Å²) in [6.07, 6.45) is 1.47. The van der Waals surface area contributed by atoms with E-state index in [2.05, 4.69) is 29.1 Å². The molecule has 21 heavy (non-hydrogen) atoms. The van der Waals surface area contributed by atoms with Crippen LogP contribution in [0.3, 0.4) is 0 Å². The maximum absolute atomic E-state index is 11.1. The molecule has 0 heterocycles. The summed E-state index contributed by atoms with van der Waals surface area (Å²) in [5.41, 5.74) is 1.23. The molecule has 0 amide bonds. The van der Waals surface area contributed by atoms with Crippen LogP contribution in [0.4, 0.5) is 0 Å². The standard InChI is InChI=1S/C16H25NO3S/c1-4-10-20-14-7-5-13(6-8-14)15(17-2)12-21-11-9-16(18)19-3/h5-8,15,17H,4,9-12H2,1-3H3. The van der Waals surface area contributed by atoms with Gasteiger partial charge in [-0.25, -0.2) is 0 Å². The maximum atomic E-state index is 11.1. The highest BCUT2D eigenvalue weighted by Gasteiger charge is 2.10. The van der Waals surface area contributed by atoms with Crippen molar-refractivity contribution in [3.63, 3.8) is 0 Å². The number of esters is 1. The van der Waals surface area contributed by atoms with Crippen molar-refractivity contribution in [1.29, 1.82) is 0 Å². The fraction of sp³-hybridized carbons (Fsp3) is 0.562. The number of hydrogen-bond acceptors (Lipinski definition) is 5. The number of hydrogen-bond donors (Lipinski definition) is 1. The van der Waals surface area contributed by atoms with Gasteiger partial charge in [0.2, 0.25) is 0 Å². The third kappa shape index (κ3) is 6.87. The predicted molar refractivity (Wildman–Crippen MR) is 88.0 cm³/mol. The highest BCUT2D eigenvalue weighted by Crippen LogP contribution is 2.21. The Bertz CT molecular complexity index is 408. The van der Waals surface area contributed by atoms with Crippen molar-refractivity contribution in [3.8, 4) is 5.75 Å². The molecule has 1 unspecified atom stereocenters. The quantitative estimate of drug-likeness (QED) is 0.531. The molecule has 1 rings (SSSR count). The minimum atomic E-state index is -0.152. The molecule has 0 aromatic heterocycles. The summed E-state index contributed by atoms with van der Waals surface area (Å²) >= 11 is 1.75. The second kappa shape index (κ2) is 10.5. The zero-order valence-corrected chi connectivity index (χ0v) is 13.9. The lowest BCUT2D eigenvalue weighted by molar-refractivity contribution is -0.140. The number of nitrogens with one attached hydrogen (secondary N) is 1. The average Bonchev–Trinajstić information content (AvgIpc) is 2.53. The summed E-state index contributed by atoms with van der Waals surface area (Å²) in [4.78, 5) is 11.1. The number of thioether (sulfide) groups is 1. The fourth-order valence-electron chi connectivity index (χ4n) is 1.82. The lowest BCUT2D eigenvalue weighted by Gasteiger charge is -2.16. The zero-order chi connectivity index (χ0) is 15.5. The summed E-state index contributed by atoms with van der Waals surface area (Å²) in [6, 6.07) is 8.47. The third-order valence-corrected chi connectivity index (χ3v) is 4.13. The van der Waals surface area contributed by atoms with Gasteiger partial charge in [-0.3, -0.25) is 4.79 Å². The van der Waals surface area contributed by atoms with Crippen LogP contribution in [0.25, 0.3) is 0 Å². The lowest BCUT2D eigenvalue weighted by atomic mass is 10.1. The van der Waals surface area contributed by atoms with Crippen molar-refractivity contribution in [3.05, 3.63) is 29.8 Å². The van der Waals surface area contributed by atoms with Crippen molar-refractivity contribution in [1.82, 2.24) is 5.32 Å². The van der Waals surface area contributed by atoms with Gasteiger partial charge in [-0.15, -0.1) is 0 Å². The smallest absolute Gasteiger partial charge is 0.306 e. The van der Waals surface area contributed by atoms with Crippen LogP contribution in [0.5, 0.6) is 5.75 Å². The van der Waals surface area contributed by atoms with Crippen LogP contribution >= 0.6 is 11.8 Å². The van der Waals surface area contributed by atoms with E-state index in [0.717, 1.165) is 30.3 Å². The number of ether oxygens (including phenoxy) is 2. The second-order valence-electron chi connectivity index (χ2n) is 4.66. The average molecular weight is 311 g/mol. The van der Waals surface area contributed by atoms with Crippen LogP contribution in [0.15, 0.2) is 24.3 Å². The van der Waals surface area contributed by atoms with Gasteiger partial charge in [0, 0.05) is 17.5 Å². The molecule has 0 aliphatic heterocycles. The summed E-state index contributed by atoms with van der Waals surface area (Å²) in [6.45, 7) is 2.84. The van der Waals surface area contributed by atoms with Gasteiger partial charge in [-0.2, -0.15) is 11.8 Å². The molecule has 118 valence electrons. The molecule has 0 aliphatic carbocycles. The van der Waals surface area contributed by atoms with Gasteiger partial charge in [0.25, 0.3) is 0 Å². The van der Waals surface area contributed by atoms with E-state index in [1.807, 2.05) is 19.2 Å². The topological polar surface area (TPSA) is 47.6 Å². The van der Waals surface area contributed by atoms with Crippen LogP contribution in [0.1, 0.15) is 31.4 Å². The van der Waals surface area contributed by atoms with E-state index in [-0.39, 0.29) is 12.0 Å². The Morgan fingerprint density at radius 2 is 2.05 bits per heavy atom. The minimum absolute atomic E-state index is 0.152. The molecule has 0 spiro atoms. The molecule has 0 radical (unpaired) electrons. The molecule has 1 atom stereocenters. The molecule has 5 heteroatoms. The van der Waals surface area contributed by atoms with E-state index in [1.54, 1.807) is 11.8 Å². The van der Waals surface area contributed by atoms with Gasteiger partial charge < -0.3 is 14.8 Å². The molecule has 4 nitrogen and oxygen atoms in total. The van der Waals surface area contributed by atoms with Crippen LogP contribution in [-0.2, 0) is 9.53 Å². The summed E-state index contributed by atoms with van der Waals surface area (Å²) < 4.78 is 10.2. The highest BCUT2D eigenvalue weighted by molar-refractivity contribution is 7.99. The van der Waals surface area contributed by atoms with E-state index in [4.69, 9.17) is 4.74 Å². The molecule has 1 N–H and O–H groups in total. The molecule has 1 aromatic rings. The van der Waals surface area contributed by atoms with Gasteiger partial charge in [-0.1, -0.05) is 19.1 Å². The molecular formula is C16H25NO3S. The van der Waals surface area contributed by atoms with Gasteiger partial charge in [0.05, 0.1) is 20.1 Å². The minimum Gasteiger partial charge on any atom is -0.494 e. The Labute approximate surface area is 131 Å². The maximum Gasteiger partial charge on any atom is 0.306 e. The Hall–Kier alpha value is -1.20. The van der Waals surface area contributed by atoms with Crippen LogP contribution in [-0.4, -0.2) is 38.2 Å². The Morgan fingerprint density at radius 3 is 2.62 bits per heavy atom. The molecular weight excluding hydrogens is 286 g/mol. The SMILES string of the molecule is CCCOc1ccc(C(CSCCC(=O)OC)NC)cc1. The first kappa shape index (κ1) is 17.9. The first-order chi connectivity index (χ1) is 10.2. The Morgan fingerprint density at radius 1 is 1.33 bits per heavy atom. The van der Waals surface area contributed by atoms with E-state index >= 15 is 0 Å². The van der Waals surface area contributed by atoms with Crippen LogP contribution in [0.2, 0.25) is 0 Å². The number of rotatable bonds is 10. The van der Waals surface area contributed by atoms with Gasteiger partial charge >= 0.3 is 5.97 Å². The number of benzene rings is 1. The van der Waals surface area contributed by atoms with Crippen LogP contribution < -0.4 is 10.1 Å². The largest absolute Gasteiger partial charge is 0.494 e. The molecule has 0 bridgehead atoms. The lowest BCUT2D eigenvalue weighted by Crippen LogP contribution is -2.19. The van der Waals surface area contributed by atoms with E-state index in [0.29, 0.717) is 6.42 Å².